The fourth-order valence-corrected chi connectivity index (χ4v) is 3.85. The summed E-state index contributed by atoms with van der Waals surface area (Å²) in [4.78, 5) is 0. The molecular weight excluding hydrogens is 244 g/mol. The minimum atomic E-state index is 0.400. The van der Waals surface area contributed by atoms with E-state index in [9.17, 15) is 0 Å². The van der Waals surface area contributed by atoms with Crippen LogP contribution in [0.25, 0.3) is 0 Å². The highest BCUT2D eigenvalue weighted by molar-refractivity contribution is 5.35. The van der Waals surface area contributed by atoms with Crippen molar-refractivity contribution in [2.45, 2.75) is 76.4 Å². The van der Waals surface area contributed by atoms with Crippen molar-refractivity contribution >= 4 is 0 Å². The molecule has 0 aliphatic heterocycles. The normalized spacial score (nSPS) is 27.9. The fourth-order valence-electron chi connectivity index (χ4n) is 3.85. The minimum absolute atomic E-state index is 0.400. The molecule has 0 aromatic heterocycles. The lowest BCUT2D eigenvalue weighted by molar-refractivity contribution is 0.319. The second-order valence-electron chi connectivity index (χ2n) is 6.75. The Morgan fingerprint density at radius 3 is 2.70 bits per heavy atom. The lowest BCUT2D eigenvalue weighted by Gasteiger charge is -2.30. The van der Waals surface area contributed by atoms with E-state index >= 15 is 0 Å². The zero-order valence-corrected chi connectivity index (χ0v) is 12.7. The third kappa shape index (κ3) is 3.24. The third-order valence-electron chi connectivity index (χ3n) is 5.07. The van der Waals surface area contributed by atoms with Gasteiger partial charge in [0.25, 0.3) is 0 Å². The van der Waals surface area contributed by atoms with Crippen LogP contribution in [0.1, 0.15) is 68.2 Å². The van der Waals surface area contributed by atoms with Crippen LogP contribution in [0.4, 0.5) is 0 Å². The molecule has 3 rings (SSSR count). The van der Waals surface area contributed by atoms with Crippen LogP contribution in [-0.2, 0) is 12.8 Å². The Kier molecular flexibility index (Phi) is 4.42. The van der Waals surface area contributed by atoms with Crippen molar-refractivity contribution in [1.82, 2.24) is 5.32 Å². The Bertz CT molecular complexity index is 455. The van der Waals surface area contributed by atoms with Gasteiger partial charge < -0.3 is 11.1 Å². The molecule has 2 nitrogen and oxygen atoms in total. The number of benzene rings is 1. The molecule has 1 aromatic carbocycles. The van der Waals surface area contributed by atoms with E-state index in [1.165, 1.54) is 50.5 Å². The summed E-state index contributed by atoms with van der Waals surface area (Å²) in [6.07, 6.45) is 10.1. The van der Waals surface area contributed by atoms with Crippen LogP contribution in [0.5, 0.6) is 0 Å². The first-order chi connectivity index (χ1) is 9.72. The maximum Gasteiger partial charge on any atom is 0.0294 e. The summed E-state index contributed by atoms with van der Waals surface area (Å²) in [5.74, 6) is 0. The van der Waals surface area contributed by atoms with E-state index in [2.05, 4.69) is 30.4 Å². The van der Waals surface area contributed by atoms with E-state index < -0.39 is 0 Å². The fraction of sp³-hybridized carbons (Fsp3) is 0.667. The lowest BCUT2D eigenvalue weighted by atomic mass is 9.88. The van der Waals surface area contributed by atoms with Gasteiger partial charge in [-0.3, -0.25) is 0 Å². The van der Waals surface area contributed by atoms with Crippen molar-refractivity contribution in [3.63, 3.8) is 0 Å². The SMILES string of the molecule is CC(NC1CCCC(N)C1)c1ccc2c(c1)CCCC2. The van der Waals surface area contributed by atoms with E-state index in [-0.39, 0.29) is 0 Å². The van der Waals surface area contributed by atoms with Gasteiger partial charge in [-0.05, 0) is 68.6 Å². The van der Waals surface area contributed by atoms with Gasteiger partial charge in [0.05, 0.1) is 0 Å². The van der Waals surface area contributed by atoms with Gasteiger partial charge in [0.15, 0.2) is 0 Å². The van der Waals surface area contributed by atoms with Crippen LogP contribution in [0.2, 0.25) is 0 Å². The third-order valence-corrected chi connectivity index (χ3v) is 5.07. The van der Waals surface area contributed by atoms with Gasteiger partial charge in [-0.25, -0.2) is 0 Å². The van der Waals surface area contributed by atoms with E-state index in [1.54, 1.807) is 11.1 Å². The maximum absolute atomic E-state index is 6.09. The molecule has 2 aliphatic rings. The molecule has 0 bridgehead atoms. The number of hydrogen-bond donors (Lipinski definition) is 2. The van der Waals surface area contributed by atoms with E-state index in [0.29, 0.717) is 18.1 Å². The predicted octanol–water partition coefficient (Wildman–Crippen LogP) is 3.49. The topological polar surface area (TPSA) is 38.0 Å². The van der Waals surface area contributed by atoms with Crippen molar-refractivity contribution < 1.29 is 0 Å². The molecule has 0 saturated heterocycles. The molecule has 3 atom stereocenters. The summed E-state index contributed by atoms with van der Waals surface area (Å²) in [7, 11) is 0. The van der Waals surface area contributed by atoms with Crippen LogP contribution >= 0.6 is 0 Å². The summed E-state index contributed by atoms with van der Waals surface area (Å²) in [5, 5.41) is 3.79. The first-order valence-corrected chi connectivity index (χ1v) is 8.35. The maximum atomic E-state index is 6.09. The highest BCUT2D eigenvalue weighted by atomic mass is 15.0. The molecular formula is C18H28N2. The Morgan fingerprint density at radius 1 is 1.10 bits per heavy atom. The van der Waals surface area contributed by atoms with Crippen LogP contribution in [0.15, 0.2) is 18.2 Å². The van der Waals surface area contributed by atoms with Crippen LogP contribution < -0.4 is 11.1 Å². The van der Waals surface area contributed by atoms with Gasteiger partial charge in [0.1, 0.15) is 0 Å². The largest absolute Gasteiger partial charge is 0.328 e. The van der Waals surface area contributed by atoms with E-state index in [0.717, 1.165) is 6.42 Å². The molecule has 0 amide bonds. The molecule has 110 valence electrons. The van der Waals surface area contributed by atoms with Gasteiger partial charge in [0, 0.05) is 18.1 Å². The molecule has 2 aliphatic carbocycles. The summed E-state index contributed by atoms with van der Waals surface area (Å²) in [6.45, 7) is 2.30. The van der Waals surface area contributed by atoms with Crippen molar-refractivity contribution in [2.75, 3.05) is 0 Å². The molecule has 20 heavy (non-hydrogen) atoms. The zero-order valence-electron chi connectivity index (χ0n) is 12.7. The average Bonchev–Trinajstić information content (AvgIpc) is 2.47. The molecule has 1 aromatic rings. The quantitative estimate of drug-likeness (QED) is 0.884. The van der Waals surface area contributed by atoms with Gasteiger partial charge in [-0.2, -0.15) is 0 Å². The number of fused-ring (bicyclic) bond motifs is 1. The summed E-state index contributed by atoms with van der Waals surface area (Å²) < 4.78 is 0. The first-order valence-electron chi connectivity index (χ1n) is 8.35. The molecule has 0 spiro atoms. The van der Waals surface area contributed by atoms with E-state index in [4.69, 9.17) is 5.73 Å². The summed E-state index contributed by atoms with van der Waals surface area (Å²) in [6, 6.07) is 8.56. The van der Waals surface area contributed by atoms with Gasteiger partial charge in [0.2, 0.25) is 0 Å². The number of hydrogen-bond acceptors (Lipinski definition) is 2. The predicted molar refractivity (Wildman–Crippen MR) is 84.9 cm³/mol. The highest BCUT2D eigenvalue weighted by Crippen LogP contribution is 2.26. The summed E-state index contributed by atoms with van der Waals surface area (Å²) in [5.41, 5.74) is 10.7. The first kappa shape index (κ1) is 14.1. The number of nitrogens with two attached hydrogens (primary N) is 1. The molecule has 3 unspecified atom stereocenters. The van der Waals surface area contributed by atoms with Crippen molar-refractivity contribution in [2.24, 2.45) is 5.73 Å². The average molecular weight is 272 g/mol. The van der Waals surface area contributed by atoms with Crippen molar-refractivity contribution in [3.05, 3.63) is 34.9 Å². The second-order valence-corrected chi connectivity index (χ2v) is 6.75. The van der Waals surface area contributed by atoms with Crippen LogP contribution in [0, 0.1) is 0 Å². The van der Waals surface area contributed by atoms with Gasteiger partial charge in [-0.1, -0.05) is 24.6 Å². The van der Waals surface area contributed by atoms with E-state index in [1.807, 2.05) is 0 Å². The molecule has 1 saturated carbocycles. The highest BCUT2D eigenvalue weighted by Gasteiger charge is 2.21. The minimum Gasteiger partial charge on any atom is -0.328 e. The molecule has 0 radical (unpaired) electrons. The standard InChI is InChI=1S/C18H28N2/c1-13(20-18-8-4-7-17(19)12-18)15-10-9-14-5-2-3-6-16(14)11-15/h9-11,13,17-18,20H,2-8,12,19H2,1H3. The molecule has 3 N–H and O–H groups in total. The molecule has 2 heteroatoms. The number of aryl methyl sites for hydroxylation is 2. The van der Waals surface area contributed by atoms with Crippen molar-refractivity contribution in [3.8, 4) is 0 Å². The summed E-state index contributed by atoms with van der Waals surface area (Å²) >= 11 is 0. The van der Waals surface area contributed by atoms with Crippen LogP contribution in [-0.4, -0.2) is 12.1 Å². The smallest absolute Gasteiger partial charge is 0.0294 e. The second kappa shape index (κ2) is 6.28. The monoisotopic (exact) mass is 272 g/mol. The van der Waals surface area contributed by atoms with Crippen LogP contribution in [0.3, 0.4) is 0 Å². The molecule has 1 fully saturated rings. The molecule has 0 heterocycles. The lowest BCUT2D eigenvalue weighted by Crippen LogP contribution is -2.40. The number of nitrogens with one attached hydrogen (secondary N) is 1. The van der Waals surface area contributed by atoms with Gasteiger partial charge >= 0.3 is 0 Å². The Morgan fingerprint density at radius 2 is 1.90 bits per heavy atom. The Labute approximate surface area is 123 Å². The van der Waals surface area contributed by atoms with Gasteiger partial charge in [-0.15, -0.1) is 0 Å². The Balaban J connectivity index is 1.66. The zero-order chi connectivity index (χ0) is 13.9. The van der Waals surface area contributed by atoms with Crippen molar-refractivity contribution in [1.29, 1.82) is 0 Å². The number of rotatable bonds is 3. The Hall–Kier alpha value is -0.860.